The lowest BCUT2D eigenvalue weighted by atomic mass is 10.1. The summed E-state index contributed by atoms with van der Waals surface area (Å²) in [6.45, 7) is 4.02. The molecule has 1 N–H and O–H groups in total. The van der Waals surface area contributed by atoms with Crippen LogP contribution in [0.5, 0.6) is 0 Å². The summed E-state index contributed by atoms with van der Waals surface area (Å²) in [6, 6.07) is 8.83. The topological polar surface area (TPSA) is 75.7 Å². The van der Waals surface area contributed by atoms with Crippen molar-refractivity contribution >= 4 is 17.8 Å². The number of esters is 1. The van der Waals surface area contributed by atoms with Crippen LogP contribution in [-0.4, -0.2) is 49.4 Å². The van der Waals surface area contributed by atoms with E-state index in [1.165, 1.54) is 14.0 Å². The number of carbonyl (C=O) groups excluding carboxylic acids is 3. The number of hydrogen-bond acceptors (Lipinski definition) is 4. The lowest BCUT2D eigenvalue weighted by molar-refractivity contribution is -0.145. The van der Waals surface area contributed by atoms with Crippen molar-refractivity contribution in [2.45, 2.75) is 13.8 Å². The maximum absolute atomic E-state index is 12.5. The van der Waals surface area contributed by atoms with Crippen LogP contribution in [0.15, 0.2) is 30.3 Å². The largest absolute Gasteiger partial charge is 0.469 e. The van der Waals surface area contributed by atoms with Crippen LogP contribution >= 0.6 is 0 Å². The van der Waals surface area contributed by atoms with Gasteiger partial charge >= 0.3 is 5.97 Å². The fourth-order valence-corrected chi connectivity index (χ4v) is 2.01. The highest BCUT2D eigenvalue weighted by atomic mass is 16.5. The quantitative estimate of drug-likeness (QED) is 0.765. The summed E-state index contributed by atoms with van der Waals surface area (Å²) in [5.74, 6) is -1.14. The molecule has 0 aliphatic carbocycles. The van der Waals surface area contributed by atoms with Gasteiger partial charge in [0.1, 0.15) is 0 Å². The highest BCUT2D eigenvalue weighted by Gasteiger charge is 2.22. The molecule has 1 unspecified atom stereocenters. The third kappa shape index (κ3) is 5.55. The zero-order valence-electron chi connectivity index (χ0n) is 13.2. The predicted molar refractivity (Wildman–Crippen MR) is 82.2 cm³/mol. The first kappa shape index (κ1) is 17.7. The number of carbonyl (C=O) groups is 3. The van der Waals surface area contributed by atoms with Gasteiger partial charge in [-0.3, -0.25) is 14.4 Å². The van der Waals surface area contributed by atoms with Gasteiger partial charge in [0.15, 0.2) is 0 Å². The Bertz CT molecular complexity index is 516. The van der Waals surface area contributed by atoms with Gasteiger partial charge < -0.3 is 15.0 Å². The van der Waals surface area contributed by atoms with Crippen molar-refractivity contribution in [1.29, 1.82) is 0 Å². The summed E-state index contributed by atoms with van der Waals surface area (Å²) in [7, 11) is 1.32. The smallest absolute Gasteiger partial charge is 0.310 e. The number of ether oxygens (including phenoxy) is 1. The molecule has 6 nitrogen and oxygen atoms in total. The predicted octanol–water partition coefficient (Wildman–Crippen LogP) is 1.07. The zero-order valence-corrected chi connectivity index (χ0v) is 13.2. The second-order valence-electron chi connectivity index (χ2n) is 5.02. The van der Waals surface area contributed by atoms with Crippen LogP contribution in [0.3, 0.4) is 0 Å². The third-order valence-corrected chi connectivity index (χ3v) is 3.16. The van der Waals surface area contributed by atoms with Crippen LogP contribution < -0.4 is 5.32 Å². The average molecular weight is 306 g/mol. The lowest BCUT2D eigenvalue weighted by Gasteiger charge is -2.25. The highest BCUT2D eigenvalue weighted by molar-refractivity contribution is 5.94. The fraction of sp³-hybridized carbons (Fsp3) is 0.438. The molecule has 0 aliphatic heterocycles. The van der Waals surface area contributed by atoms with Crippen LogP contribution in [0.4, 0.5) is 0 Å². The number of rotatable bonds is 7. The Balaban J connectivity index is 2.78. The van der Waals surface area contributed by atoms with Crippen molar-refractivity contribution in [3.05, 3.63) is 35.9 Å². The molecule has 0 aromatic heterocycles. The van der Waals surface area contributed by atoms with Crippen molar-refractivity contribution in [2.75, 3.05) is 26.7 Å². The van der Waals surface area contributed by atoms with Crippen LogP contribution in [0, 0.1) is 5.92 Å². The van der Waals surface area contributed by atoms with Gasteiger partial charge in [0.05, 0.1) is 13.0 Å². The molecule has 0 aliphatic rings. The molecule has 6 heteroatoms. The molecule has 0 saturated carbocycles. The standard InChI is InChI=1S/C16H22N2O4/c1-12(16(21)22-3)11-18(10-9-17-13(2)19)15(20)14-7-5-4-6-8-14/h4-8,12H,9-11H2,1-3H3,(H,17,19). The normalized spacial score (nSPS) is 11.4. The Kier molecular flexibility index (Phi) is 7.08. The molecule has 1 atom stereocenters. The minimum Gasteiger partial charge on any atom is -0.469 e. The number of nitrogens with one attached hydrogen (secondary N) is 1. The minimum atomic E-state index is -0.435. The van der Waals surface area contributed by atoms with Gasteiger partial charge in [-0.25, -0.2) is 0 Å². The SMILES string of the molecule is COC(=O)C(C)CN(CCNC(C)=O)C(=O)c1ccccc1. The molecule has 22 heavy (non-hydrogen) atoms. The van der Waals surface area contributed by atoms with Crippen molar-refractivity contribution in [1.82, 2.24) is 10.2 Å². The first-order chi connectivity index (χ1) is 10.5. The Hall–Kier alpha value is -2.37. The molecule has 0 radical (unpaired) electrons. The second kappa shape index (κ2) is 8.81. The number of amides is 2. The molecule has 1 aromatic carbocycles. The summed E-state index contributed by atoms with van der Waals surface area (Å²) in [6.07, 6.45) is 0. The highest BCUT2D eigenvalue weighted by Crippen LogP contribution is 2.08. The first-order valence-electron chi connectivity index (χ1n) is 7.12. The van der Waals surface area contributed by atoms with Gasteiger partial charge in [0.2, 0.25) is 5.91 Å². The van der Waals surface area contributed by atoms with Gasteiger partial charge in [-0.15, -0.1) is 0 Å². The molecular formula is C16H22N2O4. The molecular weight excluding hydrogens is 284 g/mol. The molecule has 2 amide bonds. The van der Waals surface area contributed by atoms with E-state index in [2.05, 4.69) is 5.32 Å². The Morgan fingerprint density at radius 3 is 2.41 bits per heavy atom. The van der Waals surface area contributed by atoms with Gasteiger partial charge in [-0.1, -0.05) is 25.1 Å². The van der Waals surface area contributed by atoms with Crippen molar-refractivity contribution in [2.24, 2.45) is 5.92 Å². The van der Waals surface area contributed by atoms with Gasteiger partial charge in [-0.05, 0) is 12.1 Å². The van der Waals surface area contributed by atoms with E-state index in [9.17, 15) is 14.4 Å². The molecule has 0 saturated heterocycles. The first-order valence-corrected chi connectivity index (χ1v) is 7.12. The molecule has 0 bridgehead atoms. The third-order valence-electron chi connectivity index (χ3n) is 3.16. The van der Waals surface area contributed by atoms with Crippen LogP contribution in [0.25, 0.3) is 0 Å². The summed E-state index contributed by atoms with van der Waals surface area (Å²) in [5, 5.41) is 2.65. The number of benzene rings is 1. The van der Waals surface area contributed by atoms with Crippen LogP contribution in [0.2, 0.25) is 0 Å². The average Bonchev–Trinajstić information content (AvgIpc) is 2.52. The monoisotopic (exact) mass is 306 g/mol. The summed E-state index contributed by atoms with van der Waals surface area (Å²) in [5.41, 5.74) is 0.544. The van der Waals surface area contributed by atoms with Gasteiger partial charge in [0.25, 0.3) is 5.91 Å². The molecule has 1 rings (SSSR count). The molecule has 0 fully saturated rings. The maximum Gasteiger partial charge on any atom is 0.310 e. The van der Waals surface area contributed by atoms with E-state index < -0.39 is 5.92 Å². The fourth-order valence-electron chi connectivity index (χ4n) is 2.01. The molecule has 120 valence electrons. The Morgan fingerprint density at radius 2 is 1.86 bits per heavy atom. The van der Waals surface area contributed by atoms with Crippen molar-refractivity contribution < 1.29 is 19.1 Å². The molecule has 1 aromatic rings. The zero-order chi connectivity index (χ0) is 16.5. The Morgan fingerprint density at radius 1 is 1.23 bits per heavy atom. The van der Waals surface area contributed by atoms with Crippen LogP contribution in [-0.2, 0) is 14.3 Å². The minimum absolute atomic E-state index is 0.159. The maximum atomic E-state index is 12.5. The van der Waals surface area contributed by atoms with Gasteiger partial charge in [-0.2, -0.15) is 0 Å². The van der Waals surface area contributed by atoms with E-state index in [0.717, 1.165) is 0 Å². The second-order valence-corrected chi connectivity index (χ2v) is 5.02. The summed E-state index contributed by atoms with van der Waals surface area (Å²) in [4.78, 5) is 36.6. The van der Waals surface area contributed by atoms with E-state index in [-0.39, 0.29) is 24.3 Å². The number of hydrogen-bond donors (Lipinski definition) is 1. The van der Waals surface area contributed by atoms with E-state index in [4.69, 9.17) is 4.74 Å². The molecule has 0 spiro atoms. The van der Waals surface area contributed by atoms with Crippen molar-refractivity contribution in [3.8, 4) is 0 Å². The van der Waals surface area contributed by atoms with Gasteiger partial charge in [0, 0.05) is 32.1 Å². The molecule has 0 heterocycles. The van der Waals surface area contributed by atoms with E-state index in [1.807, 2.05) is 6.07 Å². The summed E-state index contributed by atoms with van der Waals surface area (Å²) < 4.78 is 4.69. The van der Waals surface area contributed by atoms with Crippen LogP contribution in [0.1, 0.15) is 24.2 Å². The van der Waals surface area contributed by atoms with E-state index in [0.29, 0.717) is 18.7 Å². The lowest BCUT2D eigenvalue weighted by Crippen LogP contribution is -2.41. The summed E-state index contributed by atoms with van der Waals surface area (Å²) >= 11 is 0. The Labute approximate surface area is 130 Å². The van der Waals surface area contributed by atoms with Crippen molar-refractivity contribution in [3.63, 3.8) is 0 Å². The van der Waals surface area contributed by atoms with E-state index >= 15 is 0 Å². The van der Waals surface area contributed by atoms with E-state index in [1.54, 1.807) is 36.1 Å². The number of methoxy groups -OCH3 is 1. The number of nitrogens with zero attached hydrogens (tertiary/aromatic N) is 1.